The van der Waals surface area contributed by atoms with Crippen molar-refractivity contribution in [2.45, 2.75) is 76.8 Å². The van der Waals surface area contributed by atoms with Crippen LogP contribution in [0.2, 0.25) is 50.2 Å². The maximum atomic E-state index is 11.9. The molecule has 0 spiro atoms. The Morgan fingerprint density at radius 3 is 0.935 bits per heavy atom. The van der Waals surface area contributed by atoms with Crippen molar-refractivity contribution in [3.8, 4) is 44.5 Å². The normalized spacial score (nSPS) is 16.5. The summed E-state index contributed by atoms with van der Waals surface area (Å²) < 4.78 is -2.22. The number of nitrogens with two attached hydrogens (primary N) is 8. The Kier molecular flexibility index (Phi) is 25.1. The fourth-order valence-corrected chi connectivity index (χ4v) is 17.8. The number of anilines is 6. The van der Waals surface area contributed by atoms with Crippen molar-refractivity contribution in [1.82, 2.24) is 0 Å². The smallest absolute Gasteiger partial charge is 0.221 e. The van der Waals surface area contributed by atoms with E-state index in [-0.39, 0.29) is 35.2 Å². The summed E-state index contributed by atoms with van der Waals surface area (Å²) in [6.07, 6.45) is 7.42. The number of carbonyl (C=O) groups is 2. The molecule has 0 aliphatic heterocycles. The molecule has 0 fully saturated rings. The lowest BCUT2D eigenvalue weighted by Crippen LogP contribution is -2.57. The Morgan fingerprint density at radius 2 is 0.667 bits per heavy atom. The summed E-state index contributed by atoms with van der Waals surface area (Å²) in [6, 6.07) is 34.7. The largest absolute Gasteiger partial charge is 0.399 e. The molecule has 0 saturated carbocycles. The zero-order chi connectivity index (χ0) is 68.4. The second-order valence-corrected chi connectivity index (χ2v) is 31.9. The number of amides is 2. The first-order chi connectivity index (χ1) is 43.5. The number of rotatable bonds is 12. The average molecular weight is 1590 g/mol. The lowest BCUT2D eigenvalue weighted by molar-refractivity contribution is -0.115. The Hall–Kier alpha value is -3.67. The summed E-state index contributed by atoms with van der Waals surface area (Å²) in [4.78, 5) is 26.6. The van der Waals surface area contributed by atoms with E-state index in [0.29, 0.717) is 139 Å². The third kappa shape index (κ3) is 18.6. The molecule has 2 atom stereocenters. The number of thioether (sulfide) groups is 1. The van der Waals surface area contributed by atoms with Gasteiger partial charge >= 0.3 is 0 Å². The van der Waals surface area contributed by atoms with E-state index in [0.717, 1.165) is 9.79 Å². The lowest BCUT2D eigenvalue weighted by Gasteiger charge is -2.42. The van der Waals surface area contributed by atoms with Gasteiger partial charge in [0.25, 0.3) is 0 Å². The zero-order valence-corrected chi connectivity index (χ0v) is 61.4. The highest BCUT2D eigenvalue weighted by Gasteiger charge is 2.48. The Balaban J connectivity index is 0.000000187. The molecule has 0 aromatic heterocycles. The first kappa shape index (κ1) is 75.1. The standard InChI is InChI=1S/C28H22Cl4N4O2S.C24H14Cl6N2S.C12H18Cl4N4S/c1-13(37)35-21-7-9-23(27(31)25(21)17-5-3-15(33)11-19(17)29)39-24-10-8-22(36-14(2)38)26(28(24)32)18-6-4-16(34)12-20(18)30;25-15-5-7-19(23(29)21(15)13-3-1-11(31)9-17(13)27)33-20-8-6-16(26)22(24(20)30)14-4-2-12(32)10-18(14)28;13-11(14)5-9(17,18)3-1-7(11)21-8-2-4-10(19,20)6-12(8,15)16/h3-12H,33-34H2,1-2H3,(H,35,37)(H,36,38);1-10H,31-32H2;1-4,7-8H,5-6,17-20H2. The van der Waals surface area contributed by atoms with Crippen molar-refractivity contribution < 1.29 is 9.59 Å². The van der Waals surface area contributed by atoms with Gasteiger partial charge in [-0.05, 0) is 97.1 Å². The van der Waals surface area contributed by atoms with Crippen LogP contribution >= 0.6 is 198 Å². The van der Waals surface area contributed by atoms with E-state index in [4.69, 9.17) is 208 Å². The van der Waals surface area contributed by atoms with Crippen LogP contribution in [0, 0.1) is 0 Å². The molecule has 0 bridgehead atoms. The van der Waals surface area contributed by atoms with Crippen LogP contribution in [0.4, 0.5) is 34.1 Å². The summed E-state index contributed by atoms with van der Waals surface area (Å²) in [5, 5.41) is 9.29. The molecule has 93 heavy (non-hydrogen) atoms. The van der Waals surface area contributed by atoms with E-state index in [1.54, 1.807) is 133 Å². The van der Waals surface area contributed by atoms with Gasteiger partial charge < -0.3 is 56.5 Å². The quantitative estimate of drug-likeness (QED) is 0.0236. The fraction of sp³-hybridized carbons (Fsp3) is 0.156. The Bertz CT molecular complexity index is 4030. The van der Waals surface area contributed by atoms with Gasteiger partial charge in [0.15, 0.2) is 0 Å². The summed E-state index contributed by atoms with van der Waals surface area (Å²) >= 11 is 95.9. The number of nitrogen functional groups attached to an aromatic ring is 4. The number of benzene rings is 8. The van der Waals surface area contributed by atoms with Gasteiger partial charge in [-0.1, -0.05) is 235 Å². The Labute approximate surface area is 620 Å². The summed E-state index contributed by atoms with van der Waals surface area (Å²) in [7, 11) is 0. The number of nitrogens with one attached hydrogen (secondary N) is 2. The molecule has 2 unspecified atom stereocenters. The van der Waals surface area contributed by atoms with Gasteiger partial charge in [0, 0.05) is 114 Å². The maximum Gasteiger partial charge on any atom is 0.221 e. The summed E-state index contributed by atoms with van der Waals surface area (Å²) in [6.45, 7) is 2.82. The van der Waals surface area contributed by atoms with Gasteiger partial charge in [-0.3, -0.25) is 9.59 Å². The van der Waals surface area contributed by atoms with Crippen LogP contribution in [0.25, 0.3) is 44.5 Å². The Morgan fingerprint density at radius 1 is 0.398 bits per heavy atom. The highest BCUT2D eigenvalue weighted by molar-refractivity contribution is 8.01. The monoisotopic (exact) mass is 1580 g/mol. The fourth-order valence-electron chi connectivity index (χ4n) is 9.68. The summed E-state index contributed by atoms with van der Waals surface area (Å²) in [5.74, 6) is -0.526. The molecule has 18 N–H and O–H groups in total. The second-order valence-electron chi connectivity index (χ2n) is 21.4. The molecular formula is C64H54Cl14N10O2S3. The maximum absolute atomic E-state index is 11.9. The van der Waals surface area contributed by atoms with E-state index >= 15 is 0 Å². The minimum Gasteiger partial charge on any atom is -0.399 e. The number of carbonyl (C=O) groups excluding carboxylic acids is 2. The van der Waals surface area contributed by atoms with Crippen LogP contribution in [0.3, 0.4) is 0 Å². The molecule has 8 aromatic carbocycles. The zero-order valence-electron chi connectivity index (χ0n) is 48.4. The van der Waals surface area contributed by atoms with E-state index in [2.05, 4.69) is 10.6 Å². The van der Waals surface area contributed by atoms with Crippen LogP contribution < -0.4 is 56.5 Å². The number of alkyl halides is 4. The molecule has 0 heterocycles. The highest BCUT2D eigenvalue weighted by atomic mass is 35.5. The van der Waals surface area contributed by atoms with Gasteiger partial charge in [0.2, 0.25) is 11.8 Å². The number of hydrogen-bond donors (Lipinski definition) is 10. The van der Waals surface area contributed by atoms with Crippen LogP contribution in [0.1, 0.15) is 26.7 Å². The van der Waals surface area contributed by atoms with Gasteiger partial charge in [0.05, 0.1) is 83.4 Å². The predicted octanol–water partition coefficient (Wildman–Crippen LogP) is 21.1. The predicted molar refractivity (Wildman–Crippen MR) is 406 cm³/mol. The van der Waals surface area contributed by atoms with Crippen molar-refractivity contribution in [3.05, 3.63) is 196 Å². The highest BCUT2D eigenvalue weighted by Crippen LogP contribution is 2.54. The van der Waals surface area contributed by atoms with E-state index in [1.807, 2.05) is 12.1 Å². The van der Waals surface area contributed by atoms with Crippen LogP contribution in [-0.2, 0) is 9.59 Å². The molecule has 10 rings (SSSR count). The molecule has 2 aliphatic rings. The molecule has 8 aromatic rings. The van der Waals surface area contributed by atoms with E-state index in [9.17, 15) is 9.59 Å². The number of halogens is 14. The first-order valence-electron chi connectivity index (χ1n) is 27.1. The van der Waals surface area contributed by atoms with Crippen molar-refractivity contribution in [2.75, 3.05) is 33.6 Å². The lowest BCUT2D eigenvalue weighted by atomic mass is 9.96. The molecule has 0 radical (unpaired) electrons. The van der Waals surface area contributed by atoms with Gasteiger partial charge in [-0.25, -0.2) is 0 Å². The van der Waals surface area contributed by atoms with Crippen molar-refractivity contribution in [2.24, 2.45) is 22.9 Å². The number of hydrogen-bond acceptors (Lipinski definition) is 13. The third-order valence-electron chi connectivity index (χ3n) is 13.8. The molecular weight excluding hydrogens is 1530 g/mol. The topological polar surface area (TPSA) is 266 Å². The van der Waals surface area contributed by atoms with E-state index < -0.39 is 20.0 Å². The average Bonchev–Trinajstić information content (AvgIpc) is 0.824. The van der Waals surface area contributed by atoms with Gasteiger partial charge in [-0.2, -0.15) is 0 Å². The minimum absolute atomic E-state index is 0.225. The third-order valence-corrected chi connectivity index (χ3v) is 23.6. The molecule has 488 valence electrons. The minimum atomic E-state index is -1.11. The van der Waals surface area contributed by atoms with Gasteiger partial charge in [0.1, 0.15) is 8.67 Å². The summed E-state index contributed by atoms with van der Waals surface area (Å²) in [5.41, 5.74) is 52.7. The van der Waals surface area contributed by atoms with Crippen molar-refractivity contribution >= 4 is 244 Å². The van der Waals surface area contributed by atoms with Gasteiger partial charge in [-0.15, -0.1) is 11.8 Å². The molecule has 0 saturated heterocycles. The first-order valence-corrected chi connectivity index (χ1v) is 35.0. The van der Waals surface area contributed by atoms with Crippen molar-refractivity contribution in [3.63, 3.8) is 0 Å². The second kappa shape index (κ2) is 31.0. The van der Waals surface area contributed by atoms with E-state index in [1.165, 1.54) is 49.1 Å². The molecule has 29 heteroatoms. The van der Waals surface area contributed by atoms with Crippen LogP contribution in [-0.4, -0.2) is 42.3 Å². The molecule has 12 nitrogen and oxygen atoms in total. The van der Waals surface area contributed by atoms with Crippen molar-refractivity contribution in [1.29, 1.82) is 0 Å². The van der Waals surface area contributed by atoms with Crippen LogP contribution in [0.5, 0.6) is 0 Å². The molecule has 2 aliphatic carbocycles. The van der Waals surface area contributed by atoms with Crippen LogP contribution in [0.15, 0.2) is 165 Å². The SMILES string of the molecule is CC(=O)Nc1ccc(Sc2ccc(NC(C)=O)c(-c3ccc(N)cc3Cl)c2Cl)c(Cl)c1-c1ccc(N)cc1Cl.NC1(N)C=CC(SC2C=CC(N)(N)CC2(Cl)Cl)C(Cl)(Cl)C1.Nc1ccc(-c2c(Cl)ccc(Sc3ccc(Cl)c(-c4ccc(N)cc4Cl)c3Cl)c2Cl)c(Cl)c1. The molecule has 2 amide bonds.